The first-order valence-corrected chi connectivity index (χ1v) is 12.9. The van der Waals surface area contributed by atoms with Crippen LogP contribution in [0.1, 0.15) is 43.1 Å². The number of fused-ring (bicyclic) bond motifs is 1. The third-order valence-electron chi connectivity index (χ3n) is 5.76. The van der Waals surface area contributed by atoms with Crippen molar-refractivity contribution in [3.05, 3.63) is 96.7 Å². The van der Waals surface area contributed by atoms with Crippen molar-refractivity contribution < 1.29 is 13.9 Å². The van der Waals surface area contributed by atoms with E-state index < -0.39 is 0 Å². The average Bonchev–Trinajstić information content (AvgIpc) is 2.87. The molecule has 0 fully saturated rings. The molecular weight excluding hydrogens is 593 g/mol. The van der Waals surface area contributed by atoms with Crippen LogP contribution in [0.4, 0.5) is 4.39 Å². The normalized spacial score (nSPS) is 12.3. The zero-order valence-electron chi connectivity index (χ0n) is 20.0. The highest BCUT2D eigenvalue weighted by molar-refractivity contribution is 9.10. The van der Waals surface area contributed by atoms with Crippen molar-refractivity contribution in [2.24, 2.45) is 5.10 Å². The maximum Gasteiger partial charge on any atom is 0.282 e. The Labute approximate surface area is 225 Å². The molecule has 0 aliphatic carbocycles. The third-order valence-corrected chi connectivity index (χ3v) is 6.84. The number of aromatic nitrogens is 2. The van der Waals surface area contributed by atoms with E-state index in [2.05, 4.69) is 37.0 Å². The van der Waals surface area contributed by atoms with E-state index in [1.54, 1.807) is 37.6 Å². The van der Waals surface area contributed by atoms with Crippen molar-refractivity contribution in [1.82, 2.24) is 9.66 Å². The molecule has 1 aromatic heterocycles. The number of hydrogen-bond donors (Lipinski definition) is 0. The lowest BCUT2D eigenvalue weighted by atomic mass is 10.1. The van der Waals surface area contributed by atoms with Crippen molar-refractivity contribution in [1.29, 1.82) is 0 Å². The summed E-state index contributed by atoms with van der Waals surface area (Å²) < 4.78 is 27.5. The van der Waals surface area contributed by atoms with Gasteiger partial charge in [-0.3, -0.25) is 4.79 Å². The Kier molecular flexibility index (Phi) is 8.21. The van der Waals surface area contributed by atoms with E-state index in [1.165, 1.54) is 16.8 Å². The second-order valence-electron chi connectivity index (χ2n) is 8.25. The standard InChI is InChI=1S/C27H24Br2FN3O3/c1-4-16(2)26-32-23-10-7-19(28)13-21(23)27(34)33(26)31-14-18-11-22(29)25(24(12-18)35-3)36-15-17-5-8-20(30)9-6-17/h5-14,16H,4,15H2,1-3H3/t16-/m1/s1. The van der Waals surface area contributed by atoms with Crippen LogP contribution in [0.25, 0.3) is 10.9 Å². The van der Waals surface area contributed by atoms with Gasteiger partial charge < -0.3 is 9.47 Å². The van der Waals surface area contributed by atoms with Crippen molar-refractivity contribution in [3.63, 3.8) is 0 Å². The van der Waals surface area contributed by atoms with Gasteiger partial charge in [0.1, 0.15) is 18.2 Å². The monoisotopic (exact) mass is 615 g/mol. The zero-order chi connectivity index (χ0) is 25.8. The van der Waals surface area contributed by atoms with E-state index in [0.717, 1.165) is 16.5 Å². The Hall–Kier alpha value is -3.04. The van der Waals surface area contributed by atoms with Crippen molar-refractivity contribution in [2.45, 2.75) is 32.8 Å². The lowest BCUT2D eigenvalue weighted by Crippen LogP contribution is -2.23. The number of ether oxygens (including phenoxy) is 2. The van der Waals surface area contributed by atoms with Crippen LogP contribution in [0.5, 0.6) is 11.5 Å². The Morgan fingerprint density at radius 1 is 1.14 bits per heavy atom. The van der Waals surface area contributed by atoms with Crippen molar-refractivity contribution in [3.8, 4) is 11.5 Å². The van der Waals surface area contributed by atoms with Gasteiger partial charge in [-0.15, -0.1) is 0 Å². The van der Waals surface area contributed by atoms with Crippen LogP contribution in [-0.4, -0.2) is 23.0 Å². The second kappa shape index (κ2) is 11.3. The summed E-state index contributed by atoms with van der Waals surface area (Å²) in [7, 11) is 1.55. The number of rotatable bonds is 8. The maximum atomic E-state index is 13.3. The molecule has 0 spiro atoms. The molecule has 186 valence electrons. The molecule has 0 unspecified atom stereocenters. The van der Waals surface area contributed by atoms with Crippen LogP contribution in [0, 0.1) is 5.82 Å². The van der Waals surface area contributed by atoms with Gasteiger partial charge in [0.2, 0.25) is 0 Å². The van der Waals surface area contributed by atoms with E-state index in [4.69, 9.17) is 14.5 Å². The topological polar surface area (TPSA) is 65.7 Å². The van der Waals surface area contributed by atoms with Gasteiger partial charge in [-0.25, -0.2) is 9.37 Å². The van der Waals surface area contributed by atoms with Gasteiger partial charge >= 0.3 is 0 Å². The minimum atomic E-state index is -0.300. The predicted octanol–water partition coefficient (Wildman–Crippen LogP) is 7.04. The highest BCUT2D eigenvalue weighted by Crippen LogP contribution is 2.37. The number of nitrogens with zero attached hydrogens (tertiary/aromatic N) is 3. The number of halogens is 3. The third kappa shape index (κ3) is 5.68. The molecular formula is C27H24Br2FN3O3. The minimum absolute atomic E-state index is 0.0337. The fourth-order valence-corrected chi connectivity index (χ4v) is 4.53. The van der Waals surface area contributed by atoms with E-state index in [9.17, 15) is 9.18 Å². The fourth-order valence-electron chi connectivity index (χ4n) is 3.59. The summed E-state index contributed by atoms with van der Waals surface area (Å²) in [5.74, 6) is 1.33. The molecule has 1 atom stereocenters. The summed E-state index contributed by atoms with van der Waals surface area (Å²) >= 11 is 6.97. The van der Waals surface area contributed by atoms with Crippen LogP contribution < -0.4 is 15.0 Å². The molecule has 3 aromatic carbocycles. The van der Waals surface area contributed by atoms with Gasteiger partial charge in [0.15, 0.2) is 11.5 Å². The summed E-state index contributed by atoms with van der Waals surface area (Å²) in [4.78, 5) is 18.1. The van der Waals surface area contributed by atoms with Crippen molar-refractivity contribution in [2.75, 3.05) is 7.11 Å². The van der Waals surface area contributed by atoms with Crippen LogP contribution in [0.2, 0.25) is 0 Å². The van der Waals surface area contributed by atoms with Crippen LogP contribution in [0.3, 0.4) is 0 Å². The molecule has 0 N–H and O–H groups in total. The average molecular weight is 617 g/mol. The lowest BCUT2D eigenvalue weighted by molar-refractivity contribution is 0.282. The molecule has 6 nitrogen and oxygen atoms in total. The largest absolute Gasteiger partial charge is 0.493 e. The molecule has 4 rings (SSSR count). The Balaban J connectivity index is 1.69. The van der Waals surface area contributed by atoms with Gasteiger partial charge in [0, 0.05) is 10.4 Å². The molecule has 0 amide bonds. The highest BCUT2D eigenvalue weighted by atomic mass is 79.9. The molecule has 0 saturated heterocycles. The van der Waals surface area contributed by atoms with E-state index >= 15 is 0 Å². The van der Waals surface area contributed by atoms with Gasteiger partial charge in [0.05, 0.1) is 28.7 Å². The maximum absolute atomic E-state index is 13.3. The molecule has 36 heavy (non-hydrogen) atoms. The number of hydrogen-bond acceptors (Lipinski definition) is 5. The number of methoxy groups -OCH3 is 1. The van der Waals surface area contributed by atoms with Crippen LogP contribution in [0.15, 0.2) is 73.4 Å². The first kappa shape index (κ1) is 26.0. The minimum Gasteiger partial charge on any atom is -0.493 e. The Morgan fingerprint density at radius 3 is 2.58 bits per heavy atom. The predicted molar refractivity (Wildman–Crippen MR) is 147 cm³/mol. The van der Waals surface area contributed by atoms with Crippen LogP contribution in [-0.2, 0) is 6.61 Å². The van der Waals surface area contributed by atoms with Gasteiger partial charge in [-0.1, -0.05) is 41.9 Å². The summed E-state index contributed by atoms with van der Waals surface area (Å²) in [6.45, 7) is 4.31. The molecule has 0 aliphatic rings. The summed E-state index contributed by atoms with van der Waals surface area (Å²) in [5, 5.41) is 5.00. The van der Waals surface area contributed by atoms with Gasteiger partial charge in [-0.2, -0.15) is 9.78 Å². The summed E-state index contributed by atoms with van der Waals surface area (Å²) in [6, 6.07) is 15.2. The smallest absolute Gasteiger partial charge is 0.282 e. The Bertz CT molecular complexity index is 1490. The summed E-state index contributed by atoms with van der Waals surface area (Å²) in [6.07, 6.45) is 2.40. The van der Waals surface area contributed by atoms with E-state index in [0.29, 0.717) is 38.3 Å². The van der Waals surface area contributed by atoms with Gasteiger partial charge in [-0.05, 0) is 75.9 Å². The lowest BCUT2D eigenvalue weighted by Gasteiger charge is -2.15. The van der Waals surface area contributed by atoms with E-state index in [-0.39, 0.29) is 23.9 Å². The molecule has 4 aromatic rings. The zero-order valence-corrected chi connectivity index (χ0v) is 23.1. The quantitative estimate of drug-likeness (QED) is 0.199. The molecule has 0 aliphatic heterocycles. The molecule has 0 saturated carbocycles. The van der Waals surface area contributed by atoms with E-state index in [1.807, 2.05) is 32.0 Å². The SMILES string of the molecule is CC[C@@H](C)c1nc2ccc(Br)cc2c(=O)n1N=Cc1cc(Br)c(OCc2ccc(F)cc2)c(OC)c1. The second-order valence-corrected chi connectivity index (χ2v) is 10.0. The van der Waals surface area contributed by atoms with Crippen molar-refractivity contribution >= 4 is 49.0 Å². The number of benzene rings is 3. The first-order chi connectivity index (χ1) is 17.3. The molecule has 0 bridgehead atoms. The fraction of sp³-hybridized carbons (Fsp3) is 0.222. The van der Waals surface area contributed by atoms with Gasteiger partial charge in [0.25, 0.3) is 5.56 Å². The first-order valence-electron chi connectivity index (χ1n) is 11.3. The van der Waals surface area contributed by atoms with Crippen LogP contribution >= 0.6 is 31.9 Å². The highest BCUT2D eigenvalue weighted by Gasteiger charge is 2.16. The summed E-state index contributed by atoms with van der Waals surface area (Å²) in [5.41, 5.74) is 1.92. The Morgan fingerprint density at radius 2 is 1.89 bits per heavy atom. The molecule has 9 heteroatoms. The molecule has 1 heterocycles. The molecule has 0 radical (unpaired) electrons.